The van der Waals surface area contributed by atoms with Crippen LogP contribution in [0.4, 0.5) is 10.1 Å². The number of carbonyl (C=O) groups is 2. The van der Waals surface area contributed by atoms with Crippen LogP contribution in [-0.2, 0) is 0 Å². The lowest BCUT2D eigenvalue weighted by atomic mass is 10.0. The Balaban J connectivity index is 1.56. The molecule has 1 aliphatic rings. The van der Waals surface area contributed by atoms with Gasteiger partial charge in [0.2, 0.25) is 0 Å². The Bertz CT molecular complexity index is 1110. The van der Waals surface area contributed by atoms with Crippen LogP contribution in [0.2, 0.25) is 5.02 Å². The molecule has 2 aromatic carbocycles. The number of nitrogens with one attached hydrogen (secondary N) is 1. The first-order chi connectivity index (χ1) is 16.0. The molecule has 1 saturated heterocycles. The van der Waals surface area contributed by atoms with Crippen molar-refractivity contribution in [3.05, 3.63) is 88.6 Å². The Labute approximate surface area is 196 Å². The van der Waals surface area contributed by atoms with Gasteiger partial charge in [0.15, 0.2) is 5.76 Å². The van der Waals surface area contributed by atoms with Crippen LogP contribution in [0.25, 0.3) is 0 Å². The standard InChI is InChI=1S/C25H25ClFN3O3/c1-29(25(32)22-12-7-15-33-22)20-11-3-2-8-17(20)24(31)28-16-21(30-13-4-5-14-30)23-18(26)9-6-10-19(23)27/h2-3,6-12,15,21H,4-5,13-14,16H2,1H3,(H,28,31). The normalized spacial score (nSPS) is 14.8. The van der Waals surface area contributed by atoms with Crippen LogP contribution < -0.4 is 10.2 Å². The molecular formula is C25H25ClFN3O3. The number of amides is 2. The molecule has 0 spiro atoms. The molecule has 0 radical (unpaired) electrons. The monoisotopic (exact) mass is 469 g/mol. The van der Waals surface area contributed by atoms with Crippen molar-refractivity contribution in [3.8, 4) is 0 Å². The Morgan fingerprint density at radius 3 is 2.58 bits per heavy atom. The average Bonchev–Trinajstić information content (AvgIpc) is 3.54. The zero-order valence-corrected chi connectivity index (χ0v) is 19.0. The molecule has 33 heavy (non-hydrogen) atoms. The summed E-state index contributed by atoms with van der Waals surface area (Å²) in [6.45, 7) is 1.80. The van der Waals surface area contributed by atoms with E-state index in [1.165, 1.54) is 17.2 Å². The molecule has 1 aliphatic heterocycles. The first-order valence-electron chi connectivity index (χ1n) is 10.8. The molecule has 4 rings (SSSR count). The van der Waals surface area contributed by atoms with E-state index in [1.807, 2.05) is 0 Å². The summed E-state index contributed by atoms with van der Waals surface area (Å²) >= 11 is 6.35. The van der Waals surface area contributed by atoms with Crippen LogP contribution in [0, 0.1) is 5.82 Å². The van der Waals surface area contributed by atoms with Crippen molar-refractivity contribution in [2.75, 3.05) is 31.6 Å². The smallest absolute Gasteiger partial charge is 0.293 e. The zero-order valence-electron chi connectivity index (χ0n) is 18.3. The summed E-state index contributed by atoms with van der Waals surface area (Å²) in [7, 11) is 1.59. The molecule has 0 bridgehead atoms. The fraction of sp³-hybridized carbons (Fsp3) is 0.280. The number of benzene rings is 2. The first-order valence-corrected chi connectivity index (χ1v) is 11.2. The second kappa shape index (κ2) is 10.2. The van der Waals surface area contributed by atoms with Crippen molar-refractivity contribution in [2.45, 2.75) is 18.9 Å². The highest BCUT2D eigenvalue weighted by Gasteiger charge is 2.29. The van der Waals surface area contributed by atoms with Crippen molar-refractivity contribution in [3.63, 3.8) is 0 Å². The summed E-state index contributed by atoms with van der Waals surface area (Å²) in [5.74, 6) is -0.941. The van der Waals surface area contributed by atoms with E-state index >= 15 is 0 Å². The topological polar surface area (TPSA) is 65.8 Å². The number of para-hydroxylation sites is 1. The minimum Gasteiger partial charge on any atom is -0.459 e. The van der Waals surface area contributed by atoms with Gasteiger partial charge in [-0.2, -0.15) is 0 Å². The summed E-state index contributed by atoms with van der Waals surface area (Å²) in [4.78, 5) is 29.4. The predicted octanol–water partition coefficient (Wildman–Crippen LogP) is 4.92. The summed E-state index contributed by atoms with van der Waals surface area (Å²) in [6, 6.07) is 14.3. The third-order valence-electron chi connectivity index (χ3n) is 5.92. The lowest BCUT2D eigenvalue weighted by Gasteiger charge is -2.29. The first kappa shape index (κ1) is 23.0. The summed E-state index contributed by atoms with van der Waals surface area (Å²) < 4.78 is 19.9. The van der Waals surface area contributed by atoms with E-state index in [4.69, 9.17) is 16.0 Å². The van der Waals surface area contributed by atoms with Gasteiger partial charge in [0.05, 0.1) is 23.6 Å². The maximum Gasteiger partial charge on any atom is 0.293 e. The molecule has 1 unspecified atom stereocenters. The number of nitrogens with zero attached hydrogens (tertiary/aromatic N) is 2. The summed E-state index contributed by atoms with van der Waals surface area (Å²) in [6.07, 6.45) is 3.45. The second-order valence-corrected chi connectivity index (χ2v) is 8.37. The van der Waals surface area contributed by atoms with Crippen molar-refractivity contribution < 1.29 is 18.4 Å². The van der Waals surface area contributed by atoms with Crippen LogP contribution in [-0.4, -0.2) is 43.4 Å². The highest BCUT2D eigenvalue weighted by molar-refractivity contribution is 6.31. The minimum absolute atomic E-state index is 0.177. The Morgan fingerprint density at radius 1 is 1.12 bits per heavy atom. The van der Waals surface area contributed by atoms with Gasteiger partial charge in [-0.3, -0.25) is 14.5 Å². The number of rotatable bonds is 7. The molecule has 1 fully saturated rings. The maximum absolute atomic E-state index is 14.7. The number of halogens is 2. The Kier molecular flexibility index (Phi) is 7.11. The SMILES string of the molecule is CN(C(=O)c1ccco1)c1ccccc1C(=O)NCC(c1c(F)cccc1Cl)N1CCCC1. The van der Waals surface area contributed by atoms with Crippen molar-refractivity contribution in [2.24, 2.45) is 0 Å². The van der Waals surface area contributed by atoms with Gasteiger partial charge in [-0.25, -0.2) is 4.39 Å². The number of hydrogen-bond donors (Lipinski definition) is 1. The number of anilines is 1. The average molecular weight is 470 g/mol. The highest BCUT2D eigenvalue weighted by Crippen LogP contribution is 2.32. The molecule has 6 nitrogen and oxygen atoms in total. The predicted molar refractivity (Wildman–Crippen MR) is 125 cm³/mol. The summed E-state index contributed by atoms with van der Waals surface area (Å²) in [5, 5.41) is 3.27. The van der Waals surface area contributed by atoms with E-state index in [-0.39, 0.29) is 30.2 Å². The zero-order chi connectivity index (χ0) is 23.4. The molecule has 2 heterocycles. The van der Waals surface area contributed by atoms with Gasteiger partial charge in [-0.15, -0.1) is 0 Å². The Morgan fingerprint density at radius 2 is 1.88 bits per heavy atom. The third kappa shape index (κ3) is 4.94. The molecule has 172 valence electrons. The molecule has 1 N–H and O–H groups in total. The van der Waals surface area contributed by atoms with Gasteiger partial charge in [0.25, 0.3) is 11.8 Å². The van der Waals surface area contributed by atoms with E-state index in [0.29, 0.717) is 21.8 Å². The van der Waals surface area contributed by atoms with E-state index in [0.717, 1.165) is 25.9 Å². The van der Waals surface area contributed by atoms with Crippen molar-refractivity contribution in [1.82, 2.24) is 10.2 Å². The van der Waals surface area contributed by atoms with Crippen LogP contribution >= 0.6 is 11.6 Å². The van der Waals surface area contributed by atoms with Crippen molar-refractivity contribution in [1.29, 1.82) is 0 Å². The molecule has 0 aliphatic carbocycles. The lowest BCUT2D eigenvalue weighted by Crippen LogP contribution is -2.38. The molecule has 2 amide bonds. The molecule has 1 aromatic heterocycles. The van der Waals surface area contributed by atoms with E-state index in [9.17, 15) is 14.0 Å². The van der Waals surface area contributed by atoms with Crippen molar-refractivity contribution >= 4 is 29.1 Å². The maximum atomic E-state index is 14.7. The van der Waals surface area contributed by atoms with E-state index in [1.54, 1.807) is 55.6 Å². The fourth-order valence-electron chi connectivity index (χ4n) is 4.21. The largest absolute Gasteiger partial charge is 0.459 e. The molecule has 0 saturated carbocycles. The van der Waals surface area contributed by atoms with Gasteiger partial charge in [-0.1, -0.05) is 29.8 Å². The van der Waals surface area contributed by atoms with Crippen LogP contribution in [0.5, 0.6) is 0 Å². The van der Waals surface area contributed by atoms with E-state index in [2.05, 4.69) is 10.2 Å². The molecule has 1 atom stereocenters. The van der Waals surface area contributed by atoms with Gasteiger partial charge in [0.1, 0.15) is 5.82 Å². The summed E-state index contributed by atoms with van der Waals surface area (Å²) in [5.41, 5.74) is 1.16. The minimum atomic E-state index is -0.391. The molecular weight excluding hydrogens is 445 g/mol. The lowest BCUT2D eigenvalue weighted by molar-refractivity contribution is 0.0937. The van der Waals surface area contributed by atoms with Gasteiger partial charge in [-0.05, 0) is 62.3 Å². The third-order valence-corrected chi connectivity index (χ3v) is 6.25. The number of likely N-dealkylation sites (tertiary alicyclic amines) is 1. The molecule has 3 aromatic rings. The highest BCUT2D eigenvalue weighted by atomic mass is 35.5. The Hall–Kier alpha value is -3.16. The number of hydrogen-bond acceptors (Lipinski definition) is 4. The van der Waals surface area contributed by atoms with Crippen LogP contribution in [0.15, 0.2) is 65.3 Å². The quantitative estimate of drug-likeness (QED) is 0.533. The van der Waals surface area contributed by atoms with E-state index < -0.39 is 5.82 Å². The van der Waals surface area contributed by atoms with Gasteiger partial charge >= 0.3 is 0 Å². The van der Waals surface area contributed by atoms with Gasteiger partial charge < -0.3 is 14.6 Å². The van der Waals surface area contributed by atoms with Crippen LogP contribution in [0.1, 0.15) is 45.4 Å². The number of carbonyl (C=O) groups excluding carboxylic acids is 2. The van der Waals surface area contributed by atoms with Gasteiger partial charge in [0, 0.05) is 24.2 Å². The van der Waals surface area contributed by atoms with Crippen LogP contribution in [0.3, 0.4) is 0 Å². The number of furan rings is 1. The molecule has 8 heteroatoms. The fourth-order valence-corrected chi connectivity index (χ4v) is 4.50. The second-order valence-electron chi connectivity index (χ2n) is 7.96.